The van der Waals surface area contributed by atoms with Gasteiger partial charge < -0.3 is 10.2 Å². The highest BCUT2D eigenvalue weighted by Crippen LogP contribution is 2.29. The smallest absolute Gasteiger partial charge is 0.221 e. The molecule has 1 atom stereocenters. The minimum Gasteiger partial charge on any atom is -0.493 e. The average Bonchev–Trinajstić information content (AvgIpc) is 2.83. The number of halogens is 1. The molecule has 0 aliphatic heterocycles. The van der Waals surface area contributed by atoms with Crippen LogP contribution in [0, 0.1) is 0 Å². The summed E-state index contributed by atoms with van der Waals surface area (Å²) < 4.78 is 14.2. The molecule has 190 valence electrons. The Kier molecular flexibility index (Phi) is 13.6. The molecule has 0 fully saturated rings. The lowest BCUT2D eigenvalue weighted by atomic mass is 10.0. The fourth-order valence-electron chi connectivity index (χ4n) is 4.33. The van der Waals surface area contributed by atoms with Gasteiger partial charge in [-0.05, 0) is 37.7 Å². The number of nitrogens with zero attached hydrogens (tertiary/aromatic N) is 2. The molecule has 1 aromatic carbocycles. The van der Waals surface area contributed by atoms with Crippen LogP contribution in [0.3, 0.4) is 0 Å². The Labute approximate surface area is 206 Å². The summed E-state index contributed by atoms with van der Waals surface area (Å²) in [6, 6.07) is 7.99. The number of aromatic hydroxyl groups is 2. The van der Waals surface area contributed by atoms with Crippen molar-refractivity contribution in [1.82, 2.24) is 9.97 Å². The fourth-order valence-corrected chi connectivity index (χ4v) is 4.33. The van der Waals surface area contributed by atoms with Gasteiger partial charge in [0, 0.05) is 5.56 Å². The van der Waals surface area contributed by atoms with Crippen molar-refractivity contribution >= 4 is 0 Å². The number of benzene rings is 1. The van der Waals surface area contributed by atoms with Gasteiger partial charge in [0.25, 0.3) is 0 Å². The number of unbranched alkanes of at least 4 members (excludes halogenated alkanes) is 10. The molecular weight excluding hydrogens is 427 g/mol. The maximum Gasteiger partial charge on any atom is 0.221 e. The lowest BCUT2D eigenvalue weighted by Crippen LogP contribution is -2.04. The molecule has 2 N–H and O–H groups in total. The number of aromatic nitrogens is 2. The molecule has 0 saturated heterocycles. The number of hydrogen-bond acceptors (Lipinski definition) is 4. The number of hydrogen-bond donors (Lipinski definition) is 2. The van der Waals surface area contributed by atoms with Crippen molar-refractivity contribution in [2.24, 2.45) is 0 Å². The van der Waals surface area contributed by atoms with Crippen LogP contribution in [0.5, 0.6) is 11.8 Å². The van der Waals surface area contributed by atoms with Crippen LogP contribution >= 0.6 is 0 Å². The maximum absolute atomic E-state index is 14.2. The van der Waals surface area contributed by atoms with E-state index in [1.54, 1.807) is 0 Å². The molecule has 2 rings (SSSR count). The summed E-state index contributed by atoms with van der Waals surface area (Å²) >= 11 is 0. The van der Waals surface area contributed by atoms with Crippen LogP contribution in [0.2, 0.25) is 0 Å². The summed E-state index contributed by atoms with van der Waals surface area (Å²) in [6.07, 6.45) is 15.7. The molecule has 0 bridgehead atoms. The first-order chi connectivity index (χ1) is 16.5. The molecule has 0 saturated carbocycles. The van der Waals surface area contributed by atoms with Crippen LogP contribution in [-0.2, 0) is 12.8 Å². The largest absolute Gasteiger partial charge is 0.493 e. The highest BCUT2D eigenvalue weighted by atomic mass is 19.1. The van der Waals surface area contributed by atoms with E-state index in [-0.39, 0.29) is 36.0 Å². The third kappa shape index (κ3) is 10.4. The van der Waals surface area contributed by atoms with Crippen molar-refractivity contribution in [2.75, 3.05) is 0 Å². The Bertz CT molecular complexity index is 787. The van der Waals surface area contributed by atoms with Crippen LogP contribution in [0.1, 0.15) is 115 Å². The molecule has 1 heterocycles. The highest BCUT2D eigenvalue weighted by molar-refractivity contribution is 5.57. The van der Waals surface area contributed by atoms with Crippen LogP contribution in [0.25, 0.3) is 11.4 Å². The number of alkyl halides is 1. The van der Waals surface area contributed by atoms with Crippen molar-refractivity contribution < 1.29 is 14.6 Å². The first-order valence-electron chi connectivity index (χ1n) is 13.6. The van der Waals surface area contributed by atoms with E-state index in [0.29, 0.717) is 6.42 Å². The molecule has 0 spiro atoms. The van der Waals surface area contributed by atoms with Gasteiger partial charge >= 0.3 is 0 Å². The van der Waals surface area contributed by atoms with Gasteiger partial charge in [0.15, 0.2) is 5.82 Å². The molecule has 34 heavy (non-hydrogen) atoms. The first kappa shape index (κ1) is 28.1. The van der Waals surface area contributed by atoms with Crippen molar-refractivity contribution in [3.63, 3.8) is 0 Å². The predicted octanol–water partition coefficient (Wildman–Crippen LogP) is 8.48. The van der Waals surface area contributed by atoms with E-state index in [2.05, 4.69) is 35.9 Å². The van der Waals surface area contributed by atoms with Crippen LogP contribution in [-0.4, -0.2) is 26.4 Å². The summed E-state index contributed by atoms with van der Waals surface area (Å²) in [6.45, 7) is 4.38. The summed E-state index contributed by atoms with van der Waals surface area (Å²) in [7, 11) is 0. The van der Waals surface area contributed by atoms with Gasteiger partial charge in [-0.15, -0.1) is 0 Å². The Morgan fingerprint density at radius 3 is 1.79 bits per heavy atom. The van der Waals surface area contributed by atoms with E-state index < -0.39 is 6.17 Å². The Morgan fingerprint density at radius 1 is 0.676 bits per heavy atom. The Hall–Kier alpha value is -2.17. The monoisotopic (exact) mass is 472 g/mol. The molecule has 0 aliphatic rings. The third-order valence-electron chi connectivity index (χ3n) is 6.57. The second-order valence-corrected chi connectivity index (χ2v) is 9.58. The summed E-state index contributed by atoms with van der Waals surface area (Å²) in [5.74, 6) is -0.235. The number of aryl methyl sites for hydroxylation is 1. The normalized spacial score (nSPS) is 12.2. The molecule has 4 nitrogen and oxygen atoms in total. The van der Waals surface area contributed by atoms with Crippen molar-refractivity contribution in [1.29, 1.82) is 0 Å². The zero-order valence-corrected chi connectivity index (χ0v) is 21.4. The molecule has 1 aromatic heterocycles. The van der Waals surface area contributed by atoms with E-state index in [0.717, 1.165) is 37.7 Å². The topological polar surface area (TPSA) is 66.2 Å². The van der Waals surface area contributed by atoms with E-state index in [4.69, 9.17) is 0 Å². The zero-order chi connectivity index (χ0) is 24.6. The summed E-state index contributed by atoms with van der Waals surface area (Å²) in [4.78, 5) is 8.35. The van der Waals surface area contributed by atoms with Gasteiger partial charge in [0.2, 0.25) is 11.8 Å². The quantitative estimate of drug-likeness (QED) is 0.213. The van der Waals surface area contributed by atoms with Crippen molar-refractivity contribution in [3.8, 4) is 23.1 Å². The minimum atomic E-state index is -0.941. The first-order valence-corrected chi connectivity index (χ1v) is 13.6. The lowest BCUT2D eigenvalue weighted by molar-refractivity contribution is 0.285. The SMILES string of the molecule is CCCCCCCCCCc1ccc(-c2nc(O)c(CCC(F)CCCCCC)c(O)n2)cc1. The summed E-state index contributed by atoms with van der Waals surface area (Å²) in [5, 5.41) is 20.7. The lowest BCUT2D eigenvalue weighted by Gasteiger charge is -2.11. The van der Waals surface area contributed by atoms with E-state index in [1.165, 1.54) is 56.9 Å². The molecule has 0 radical (unpaired) electrons. The Morgan fingerprint density at radius 2 is 1.21 bits per heavy atom. The van der Waals surface area contributed by atoms with Crippen molar-refractivity contribution in [2.45, 2.75) is 123 Å². The predicted molar refractivity (Wildman–Crippen MR) is 139 cm³/mol. The van der Waals surface area contributed by atoms with Gasteiger partial charge in [-0.3, -0.25) is 0 Å². The van der Waals surface area contributed by atoms with E-state index >= 15 is 0 Å². The molecular formula is C29H45FN2O2. The average molecular weight is 473 g/mol. The zero-order valence-electron chi connectivity index (χ0n) is 21.4. The second kappa shape index (κ2) is 16.5. The molecule has 1 unspecified atom stereocenters. The standard InChI is InChI=1S/C29H45FN2O2/c1-3-5-7-9-10-11-12-13-15-23-17-19-24(20-18-23)27-31-28(33)26(29(34)32-27)22-21-25(30)16-14-8-6-4-2/h17-20,25H,3-16,21-22H2,1-2H3,(H2,31,32,33,34). The van der Waals surface area contributed by atoms with Crippen LogP contribution in [0.4, 0.5) is 4.39 Å². The van der Waals surface area contributed by atoms with E-state index in [1.807, 2.05) is 12.1 Å². The van der Waals surface area contributed by atoms with Gasteiger partial charge in [-0.1, -0.05) is 109 Å². The highest BCUT2D eigenvalue weighted by Gasteiger charge is 2.17. The summed E-state index contributed by atoms with van der Waals surface area (Å²) in [5.41, 5.74) is 2.25. The van der Waals surface area contributed by atoms with Crippen LogP contribution < -0.4 is 0 Å². The van der Waals surface area contributed by atoms with E-state index in [9.17, 15) is 14.6 Å². The number of rotatable bonds is 18. The van der Waals surface area contributed by atoms with Gasteiger partial charge in [-0.25, -0.2) is 4.39 Å². The third-order valence-corrected chi connectivity index (χ3v) is 6.57. The molecule has 5 heteroatoms. The molecule has 0 amide bonds. The second-order valence-electron chi connectivity index (χ2n) is 9.58. The molecule has 2 aromatic rings. The maximum atomic E-state index is 14.2. The van der Waals surface area contributed by atoms with Gasteiger partial charge in [-0.2, -0.15) is 9.97 Å². The van der Waals surface area contributed by atoms with Gasteiger partial charge in [0.05, 0.1) is 5.56 Å². The minimum absolute atomic E-state index is 0.227. The van der Waals surface area contributed by atoms with Crippen LogP contribution in [0.15, 0.2) is 24.3 Å². The fraction of sp³-hybridized carbons (Fsp3) is 0.655. The van der Waals surface area contributed by atoms with Crippen molar-refractivity contribution in [3.05, 3.63) is 35.4 Å². The van der Waals surface area contributed by atoms with Gasteiger partial charge in [0.1, 0.15) is 6.17 Å². The Balaban J connectivity index is 1.81. The molecule has 0 aliphatic carbocycles.